The van der Waals surface area contributed by atoms with Crippen molar-refractivity contribution in [3.63, 3.8) is 0 Å². The molecule has 1 aromatic carbocycles. The van der Waals surface area contributed by atoms with E-state index in [1.54, 1.807) is 6.20 Å². The second kappa shape index (κ2) is 4.82. The van der Waals surface area contributed by atoms with Crippen LogP contribution in [0, 0.1) is 0 Å². The molecule has 3 rings (SSSR count). The van der Waals surface area contributed by atoms with Crippen molar-refractivity contribution in [1.82, 2.24) is 10.3 Å². The molecule has 1 saturated heterocycles. The summed E-state index contributed by atoms with van der Waals surface area (Å²) in [4.78, 5) is 14.3. The summed E-state index contributed by atoms with van der Waals surface area (Å²) in [7, 11) is 0. The molecule has 1 aromatic heterocycles. The Labute approximate surface area is 105 Å². The number of nitrogens with one attached hydrogen (secondary N) is 3. The van der Waals surface area contributed by atoms with Crippen LogP contribution in [0.2, 0.25) is 0 Å². The summed E-state index contributed by atoms with van der Waals surface area (Å²) < 4.78 is 0. The first kappa shape index (κ1) is 11.3. The molecular formula is C14H17N3O. The van der Waals surface area contributed by atoms with Gasteiger partial charge in [-0.05, 0) is 55.6 Å². The predicted molar refractivity (Wildman–Crippen MR) is 74.1 cm³/mol. The highest BCUT2D eigenvalue weighted by atomic mass is 16.1. The third kappa shape index (κ3) is 2.24. The fraction of sp³-hybridized carbons (Fsp3) is 0.357. The van der Waals surface area contributed by atoms with E-state index < -0.39 is 0 Å². The van der Waals surface area contributed by atoms with Gasteiger partial charge in [0.2, 0.25) is 0 Å². The van der Waals surface area contributed by atoms with Crippen molar-refractivity contribution >= 4 is 16.5 Å². The summed E-state index contributed by atoms with van der Waals surface area (Å²) in [5, 5.41) is 8.62. The highest BCUT2D eigenvalue weighted by Crippen LogP contribution is 2.18. The monoisotopic (exact) mass is 243 g/mol. The van der Waals surface area contributed by atoms with Crippen LogP contribution in [0.25, 0.3) is 10.8 Å². The van der Waals surface area contributed by atoms with Gasteiger partial charge in [0.05, 0.1) is 0 Å². The second-order valence-corrected chi connectivity index (χ2v) is 4.78. The van der Waals surface area contributed by atoms with Crippen LogP contribution in [-0.2, 0) is 0 Å². The van der Waals surface area contributed by atoms with E-state index in [2.05, 4.69) is 15.6 Å². The quantitative estimate of drug-likeness (QED) is 0.752. The van der Waals surface area contributed by atoms with Gasteiger partial charge in [0, 0.05) is 23.3 Å². The first-order valence-electron chi connectivity index (χ1n) is 6.42. The summed E-state index contributed by atoms with van der Waals surface area (Å²) in [6.07, 6.45) is 3.99. The third-order valence-corrected chi connectivity index (χ3v) is 3.48. The minimum absolute atomic E-state index is 0.0269. The molecule has 1 aliphatic rings. The zero-order chi connectivity index (χ0) is 12.4. The fourth-order valence-corrected chi connectivity index (χ4v) is 2.48. The van der Waals surface area contributed by atoms with Crippen LogP contribution in [0.3, 0.4) is 0 Å². The molecule has 0 bridgehead atoms. The fourth-order valence-electron chi connectivity index (χ4n) is 2.48. The Bertz CT molecular complexity index is 599. The third-order valence-electron chi connectivity index (χ3n) is 3.48. The molecule has 0 atom stereocenters. The Morgan fingerprint density at radius 3 is 2.83 bits per heavy atom. The van der Waals surface area contributed by atoms with Gasteiger partial charge in [-0.3, -0.25) is 4.79 Å². The van der Waals surface area contributed by atoms with Gasteiger partial charge >= 0.3 is 0 Å². The number of aromatic amines is 1. The molecule has 0 amide bonds. The highest BCUT2D eigenvalue weighted by Gasteiger charge is 2.12. The molecule has 1 aliphatic heterocycles. The molecular weight excluding hydrogens is 226 g/mol. The molecule has 0 aliphatic carbocycles. The number of pyridine rings is 1. The van der Waals surface area contributed by atoms with Gasteiger partial charge in [-0.25, -0.2) is 0 Å². The molecule has 1 fully saturated rings. The van der Waals surface area contributed by atoms with Crippen LogP contribution in [0.1, 0.15) is 12.8 Å². The SMILES string of the molecule is O=c1[nH]ccc2cc(NC3CCNCC3)ccc12. The summed E-state index contributed by atoms with van der Waals surface area (Å²) >= 11 is 0. The van der Waals surface area contributed by atoms with Crippen molar-refractivity contribution in [2.45, 2.75) is 18.9 Å². The van der Waals surface area contributed by atoms with Gasteiger partial charge in [0.25, 0.3) is 5.56 Å². The standard InChI is InChI=1S/C14H17N3O/c18-14-13-2-1-12(9-10(13)3-8-16-14)17-11-4-6-15-7-5-11/h1-3,8-9,11,15,17H,4-7H2,(H,16,18). The lowest BCUT2D eigenvalue weighted by Crippen LogP contribution is -2.35. The molecule has 0 spiro atoms. The predicted octanol–water partition coefficient (Wildman–Crippen LogP) is 1.69. The Kier molecular flexibility index (Phi) is 3.02. The Balaban J connectivity index is 1.86. The number of anilines is 1. The lowest BCUT2D eigenvalue weighted by atomic mass is 10.1. The van der Waals surface area contributed by atoms with Crippen LogP contribution in [-0.4, -0.2) is 24.1 Å². The van der Waals surface area contributed by atoms with Gasteiger partial charge in [-0.15, -0.1) is 0 Å². The number of hydrogen-bond donors (Lipinski definition) is 3. The molecule has 2 aromatic rings. The van der Waals surface area contributed by atoms with E-state index in [1.165, 1.54) is 0 Å². The number of benzene rings is 1. The van der Waals surface area contributed by atoms with Crippen molar-refractivity contribution in [2.75, 3.05) is 18.4 Å². The zero-order valence-corrected chi connectivity index (χ0v) is 10.2. The average molecular weight is 243 g/mol. The molecule has 4 heteroatoms. The Hall–Kier alpha value is -1.81. The van der Waals surface area contributed by atoms with Crippen molar-refractivity contribution in [3.8, 4) is 0 Å². The number of fused-ring (bicyclic) bond motifs is 1. The number of piperidine rings is 1. The molecule has 0 unspecified atom stereocenters. The summed E-state index contributed by atoms with van der Waals surface area (Å²) in [5.74, 6) is 0. The lowest BCUT2D eigenvalue weighted by molar-refractivity contribution is 0.479. The number of hydrogen-bond acceptors (Lipinski definition) is 3. The highest BCUT2D eigenvalue weighted by molar-refractivity contribution is 5.84. The smallest absolute Gasteiger partial charge is 0.255 e. The van der Waals surface area contributed by atoms with E-state index in [4.69, 9.17) is 0 Å². The van der Waals surface area contributed by atoms with Crippen LogP contribution in [0.4, 0.5) is 5.69 Å². The van der Waals surface area contributed by atoms with E-state index in [9.17, 15) is 4.79 Å². The summed E-state index contributed by atoms with van der Waals surface area (Å²) in [5.41, 5.74) is 1.07. The lowest BCUT2D eigenvalue weighted by Gasteiger charge is -2.24. The summed E-state index contributed by atoms with van der Waals surface area (Å²) in [6, 6.07) is 8.39. The maximum Gasteiger partial charge on any atom is 0.255 e. The van der Waals surface area contributed by atoms with E-state index in [0.29, 0.717) is 6.04 Å². The number of H-pyrrole nitrogens is 1. The van der Waals surface area contributed by atoms with Gasteiger partial charge in [-0.1, -0.05) is 0 Å². The molecule has 18 heavy (non-hydrogen) atoms. The molecule has 94 valence electrons. The average Bonchev–Trinajstić information content (AvgIpc) is 2.40. The van der Waals surface area contributed by atoms with Crippen LogP contribution in [0.15, 0.2) is 35.3 Å². The van der Waals surface area contributed by atoms with Gasteiger partial charge in [-0.2, -0.15) is 0 Å². The van der Waals surface area contributed by atoms with Crippen molar-refractivity contribution in [3.05, 3.63) is 40.8 Å². The maximum atomic E-state index is 11.6. The van der Waals surface area contributed by atoms with Crippen molar-refractivity contribution in [2.24, 2.45) is 0 Å². The van der Waals surface area contributed by atoms with E-state index >= 15 is 0 Å². The Morgan fingerprint density at radius 1 is 1.17 bits per heavy atom. The molecule has 2 heterocycles. The minimum atomic E-state index is -0.0269. The zero-order valence-electron chi connectivity index (χ0n) is 10.2. The van der Waals surface area contributed by atoms with Crippen molar-refractivity contribution in [1.29, 1.82) is 0 Å². The normalized spacial score (nSPS) is 16.9. The Morgan fingerprint density at radius 2 is 2.00 bits per heavy atom. The summed E-state index contributed by atoms with van der Waals surface area (Å²) in [6.45, 7) is 2.15. The molecule has 0 saturated carbocycles. The first-order valence-corrected chi connectivity index (χ1v) is 6.42. The first-order chi connectivity index (χ1) is 8.83. The van der Waals surface area contributed by atoms with Gasteiger partial charge < -0.3 is 15.6 Å². The molecule has 4 nitrogen and oxygen atoms in total. The van der Waals surface area contributed by atoms with Gasteiger partial charge in [0.1, 0.15) is 0 Å². The van der Waals surface area contributed by atoms with E-state index in [0.717, 1.165) is 42.4 Å². The van der Waals surface area contributed by atoms with Crippen LogP contribution >= 0.6 is 0 Å². The maximum absolute atomic E-state index is 11.6. The minimum Gasteiger partial charge on any atom is -0.382 e. The van der Waals surface area contributed by atoms with Crippen LogP contribution in [0.5, 0.6) is 0 Å². The molecule has 0 radical (unpaired) electrons. The largest absolute Gasteiger partial charge is 0.382 e. The second-order valence-electron chi connectivity index (χ2n) is 4.78. The van der Waals surface area contributed by atoms with E-state index in [1.807, 2.05) is 24.3 Å². The topological polar surface area (TPSA) is 56.9 Å². The molecule has 3 N–H and O–H groups in total. The number of rotatable bonds is 2. The number of aromatic nitrogens is 1. The van der Waals surface area contributed by atoms with E-state index in [-0.39, 0.29) is 5.56 Å². The van der Waals surface area contributed by atoms with Gasteiger partial charge in [0.15, 0.2) is 0 Å². The van der Waals surface area contributed by atoms with Crippen molar-refractivity contribution < 1.29 is 0 Å². The van der Waals surface area contributed by atoms with Crippen LogP contribution < -0.4 is 16.2 Å².